The van der Waals surface area contributed by atoms with E-state index in [1.807, 2.05) is 0 Å². The maximum Gasteiger partial charge on any atom is 0.460 e. The van der Waals surface area contributed by atoms with Gasteiger partial charge in [-0.15, -0.1) is 0 Å². The van der Waals surface area contributed by atoms with E-state index >= 15 is 0 Å². The van der Waals surface area contributed by atoms with Crippen LogP contribution in [0, 0.1) is 47.3 Å². The first-order valence-corrected chi connectivity index (χ1v) is 24.2. The molecule has 9 rings (SSSR count). The predicted molar refractivity (Wildman–Crippen MR) is 215 cm³/mol. The number of halogens is 14. The molecule has 9 fully saturated rings. The quantitative estimate of drug-likeness (QED) is 0.0595. The molecule has 366 valence electrons. The van der Waals surface area contributed by atoms with Gasteiger partial charge in [0.05, 0.1) is 49.3 Å². The SMILES string of the molecule is IC1CCCC2C3NC4NC(NC5NC(NC6NC(NC(N3)C12)C1CCCCC61)C1CCCCC51)C1CCCCC41.NCCC(F)(F)C(F)(F)C(F)(F)C(F)(F)C(F)(F)C(F)(F)F.[Zn]. The van der Waals surface area contributed by atoms with Crippen LogP contribution < -0.4 is 48.3 Å². The van der Waals surface area contributed by atoms with Crippen LogP contribution in [0.1, 0.15) is 103 Å². The monoisotopic (exact) mass is 1110 g/mol. The van der Waals surface area contributed by atoms with Crippen molar-refractivity contribution in [2.24, 2.45) is 53.1 Å². The van der Waals surface area contributed by atoms with E-state index in [-0.39, 0.29) is 19.5 Å². The zero-order valence-corrected chi connectivity index (χ0v) is 40.5. The van der Waals surface area contributed by atoms with Crippen molar-refractivity contribution in [2.75, 3.05) is 6.54 Å². The molecule has 17 atom stereocenters. The van der Waals surface area contributed by atoms with Crippen molar-refractivity contribution in [1.82, 2.24) is 42.5 Å². The third kappa shape index (κ3) is 9.04. The Morgan fingerprint density at radius 1 is 0.375 bits per heavy atom. The molecule has 5 saturated heterocycles. The van der Waals surface area contributed by atoms with Gasteiger partial charge in [-0.3, -0.25) is 42.5 Å². The number of rotatable bonds is 6. The Balaban J connectivity index is 0.000000230. The van der Waals surface area contributed by atoms with Gasteiger partial charge in [0.2, 0.25) is 0 Å². The number of fused-ring (bicyclic) bond motifs is 20. The fourth-order valence-corrected chi connectivity index (χ4v) is 14.5. The number of hydrogen-bond acceptors (Lipinski definition) is 9. The molecular weight excluding hydrogens is 1050 g/mol. The van der Waals surface area contributed by atoms with E-state index in [4.69, 9.17) is 0 Å². The Labute approximate surface area is 391 Å². The van der Waals surface area contributed by atoms with Crippen LogP contribution in [0.5, 0.6) is 0 Å². The predicted octanol–water partition coefficient (Wildman–Crippen LogP) is 7.09. The van der Waals surface area contributed by atoms with E-state index in [0.717, 1.165) is 39.4 Å². The van der Waals surface area contributed by atoms with E-state index in [1.54, 1.807) is 0 Å². The third-order valence-electron chi connectivity index (χ3n) is 16.3. The smallest absolute Gasteiger partial charge is 0.330 e. The fraction of sp³-hybridized carbons (Fsp3) is 1.00. The first kappa shape index (κ1) is 51.9. The minimum Gasteiger partial charge on any atom is -0.330 e. The van der Waals surface area contributed by atoms with E-state index in [1.165, 1.54) is 96.3 Å². The van der Waals surface area contributed by atoms with Crippen molar-refractivity contribution in [3.63, 3.8) is 0 Å². The van der Waals surface area contributed by atoms with Gasteiger partial charge in [0, 0.05) is 35.7 Å². The number of nitrogens with two attached hydrogens (primary N) is 1. The summed E-state index contributed by atoms with van der Waals surface area (Å²) in [5.41, 5.74) is 4.34. The Morgan fingerprint density at radius 2 is 0.656 bits per heavy atom. The summed E-state index contributed by atoms with van der Waals surface area (Å²) in [6.07, 6.45) is 14.2. The summed E-state index contributed by atoms with van der Waals surface area (Å²) in [6.45, 7) is -1.46. The van der Waals surface area contributed by atoms with E-state index < -0.39 is 48.8 Å². The van der Waals surface area contributed by atoms with E-state index in [0.29, 0.717) is 61.2 Å². The molecule has 17 unspecified atom stereocenters. The van der Waals surface area contributed by atoms with Crippen molar-refractivity contribution < 1.29 is 76.6 Å². The van der Waals surface area contributed by atoms with Gasteiger partial charge in [-0.05, 0) is 99.3 Å². The molecule has 5 heterocycles. The molecule has 0 aromatic rings. The molecule has 4 aliphatic carbocycles. The topological polar surface area (TPSA) is 122 Å². The summed E-state index contributed by atoms with van der Waals surface area (Å²) in [6, 6.07) is 0. The normalized spacial score (nSPS) is 42.9. The number of alkyl halides is 14. The summed E-state index contributed by atoms with van der Waals surface area (Å²) >= 11 is 2.81. The summed E-state index contributed by atoms with van der Waals surface area (Å²) in [4.78, 5) is 0. The standard InChI is InChI=1S/C32H55IN8.C8H6F13N.Zn/c33-23-15-7-14-22-24(23)32-40-30-21-13-6-5-12-20(21)28(38-30)36-26-17-9-2-1-8-16(17)25(34-26)35-27-18-10-3-4-11-19(18)29(37-27)39-31(22)41-32;9-3(10,1-2-22)4(11,12)5(13,14)6(15,16)7(17,18)8(19,20)21;/h16-32,34-41H,1-15H2;1-2,22H2;. The molecule has 9 nitrogen and oxygen atoms in total. The molecule has 0 radical (unpaired) electrons. The maximum absolute atomic E-state index is 12.8. The van der Waals surface area contributed by atoms with Crippen molar-refractivity contribution in [2.45, 2.75) is 192 Å². The van der Waals surface area contributed by atoms with E-state index in [9.17, 15) is 57.1 Å². The summed E-state index contributed by atoms with van der Waals surface area (Å²) < 4.78 is 163. The minimum absolute atomic E-state index is 0. The van der Waals surface area contributed by atoms with Gasteiger partial charge in [0.15, 0.2) is 0 Å². The van der Waals surface area contributed by atoms with Gasteiger partial charge in [0.1, 0.15) is 0 Å². The van der Waals surface area contributed by atoms with Crippen molar-refractivity contribution in [3.05, 3.63) is 0 Å². The molecule has 5 aliphatic heterocycles. The Bertz CT molecular complexity index is 1590. The molecule has 10 N–H and O–H groups in total. The first-order valence-electron chi connectivity index (χ1n) is 22.9. The zero-order chi connectivity index (χ0) is 45.5. The molecule has 0 aromatic carbocycles. The van der Waals surface area contributed by atoms with Gasteiger partial charge < -0.3 is 5.73 Å². The molecule has 0 amide bonds. The molecule has 0 spiro atoms. The Morgan fingerprint density at radius 3 is 0.969 bits per heavy atom. The van der Waals surface area contributed by atoms with E-state index in [2.05, 4.69) is 70.9 Å². The minimum atomic E-state index is -7.85. The third-order valence-corrected chi connectivity index (χ3v) is 17.7. The zero-order valence-electron chi connectivity index (χ0n) is 35.4. The number of nitrogens with one attached hydrogen (secondary N) is 8. The molecular formula is C40H61F13IN9Zn. The second-order valence-corrected chi connectivity index (χ2v) is 21.3. The molecule has 64 heavy (non-hydrogen) atoms. The van der Waals surface area contributed by atoms with Gasteiger partial charge in [-0.25, -0.2) is 0 Å². The molecule has 9 aliphatic rings. The van der Waals surface area contributed by atoms with Crippen LogP contribution >= 0.6 is 22.6 Å². The fourth-order valence-electron chi connectivity index (χ4n) is 13.1. The van der Waals surface area contributed by atoms with Crippen molar-refractivity contribution >= 4 is 22.6 Å². The average Bonchev–Trinajstić information content (AvgIpc) is 3.96. The Kier molecular flexibility index (Phi) is 15.7. The summed E-state index contributed by atoms with van der Waals surface area (Å²) in [7, 11) is 0. The second-order valence-electron chi connectivity index (χ2n) is 19.7. The van der Waals surface area contributed by atoms with Crippen molar-refractivity contribution in [1.29, 1.82) is 0 Å². The van der Waals surface area contributed by atoms with Crippen LogP contribution in [-0.2, 0) is 19.5 Å². The van der Waals surface area contributed by atoms with Crippen LogP contribution in [-0.4, -0.2) is 95.6 Å². The van der Waals surface area contributed by atoms with Crippen LogP contribution in [0.2, 0.25) is 0 Å². The summed E-state index contributed by atoms with van der Waals surface area (Å²) in [5.74, 6) is -30.7. The summed E-state index contributed by atoms with van der Waals surface area (Å²) in [5, 5.41) is 33.9. The molecule has 0 aromatic heterocycles. The van der Waals surface area contributed by atoms with Crippen LogP contribution in [0.3, 0.4) is 0 Å². The maximum atomic E-state index is 12.8. The van der Waals surface area contributed by atoms with Crippen LogP contribution in [0.15, 0.2) is 0 Å². The average molecular weight is 1110 g/mol. The molecule has 24 heteroatoms. The molecule has 4 saturated carbocycles. The molecule has 8 bridgehead atoms. The van der Waals surface area contributed by atoms with Crippen LogP contribution in [0.25, 0.3) is 0 Å². The van der Waals surface area contributed by atoms with Gasteiger partial charge in [0.25, 0.3) is 0 Å². The van der Waals surface area contributed by atoms with Gasteiger partial charge >= 0.3 is 35.8 Å². The second kappa shape index (κ2) is 19.4. The number of hydrogen-bond donors (Lipinski definition) is 9. The Hall–Kier alpha value is 0.0834. The first-order chi connectivity index (χ1) is 29.5. The largest absolute Gasteiger partial charge is 0.460 e. The van der Waals surface area contributed by atoms with Crippen LogP contribution in [0.4, 0.5) is 57.1 Å². The van der Waals surface area contributed by atoms with Gasteiger partial charge in [-0.2, -0.15) is 57.1 Å². The van der Waals surface area contributed by atoms with Gasteiger partial charge in [-0.1, -0.05) is 67.5 Å². The van der Waals surface area contributed by atoms with Crippen molar-refractivity contribution in [3.8, 4) is 0 Å².